The van der Waals surface area contributed by atoms with Gasteiger partial charge in [-0.3, -0.25) is 0 Å². The average Bonchev–Trinajstić information content (AvgIpc) is 2.56. The predicted molar refractivity (Wildman–Crippen MR) is 92.5 cm³/mol. The highest BCUT2D eigenvalue weighted by Crippen LogP contribution is 2.30. The van der Waals surface area contributed by atoms with Crippen LogP contribution in [0.25, 0.3) is 0 Å². The van der Waals surface area contributed by atoms with E-state index in [2.05, 4.69) is 15.4 Å². The number of alkyl halides is 2. The molecule has 5 nitrogen and oxygen atoms in total. The van der Waals surface area contributed by atoms with E-state index in [0.717, 1.165) is 0 Å². The number of hydrogen-bond donors (Lipinski definition) is 2. The molecule has 0 aliphatic heterocycles. The summed E-state index contributed by atoms with van der Waals surface area (Å²) in [6.07, 6.45) is 0. The van der Waals surface area contributed by atoms with Crippen LogP contribution in [0.1, 0.15) is 0 Å². The molecule has 0 spiro atoms. The molecule has 128 valence electrons. The fourth-order valence-corrected chi connectivity index (χ4v) is 2.18. The summed E-state index contributed by atoms with van der Waals surface area (Å²) in [5, 5.41) is 5.94. The van der Waals surface area contributed by atoms with Crippen LogP contribution in [-0.4, -0.2) is 25.9 Å². The molecule has 0 bridgehead atoms. The molecule has 0 heterocycles. The van der Waals surface area contributed by atoms with Crippen molar-refractivity contribution in [2.24, 2.45) is 0 Å². The predicted octanol–water partition coefficient (Wildman–Crippen LogP) is 4.11. The fourth-order valence-electron chi connectivity index (χ4n) is 1.96. The third-order valence-electron chi connectivity index (χ3n) is 3.01. The van der Waals surface area contributed by atoms with Crippen molar-refractivity contribution >= 4 is 28.7 Å². The van der Waals surface area contributed by atoms with Crippen LogP contribution in [0.5, 0.6) is 17.2 Å². The SMILES string of the molecule is COc1ccc(OC)c(NC(=S)Nc2ccccc2OC(F)F)c1. The molecule has 0 fully saturated rings. The van der Waals surface area contributed by atoms with Gasteiger partial charge in [-0.05, 0) is 36.5 Å². The molecular weight excluding hydrogens is 338 g/mol. The lowest BCUT2D eigenvalue weighted by atomic mass is 10.2. The van der Waals surface area contributed by atoms with Gasteiger partial charge in [0.1, 0.15) is 17.2 Å². The zero-order valence-corrected chi connectivity index (χ0v) is 13.8. The lowest BCUT2D eigenvalue weighted by Crippen LogP contribution is -2.20. The van der Waals surface area contributed by atoms with Gasteiger partial charge in [0.25, 0.3) is 0 Å². The van der Waals surface area contributed by atoms with Crippen molar-refractivity contribution in [1.82, 2.24) is 0 Å². The van der Waals surface area contributed by atoms with Crippen molar-refractivity contribution in [2.75, 3.05) is 24.9 Å². The standard InChI is InChI=1S/C16H16F2N2O3S/c1-21-10-7-8-13(22-2)12(9-10)20-16(24)19-11-5-3-4-6-14(11)23-15(17)18/h3-9,15H,1-2H3,(H2,19,20,24). The minimum absolute atomic E-state index is 0.00532. The van der Waals surface area contributed by atoms with Crippen LogP contribution in [0.15, 0.2) is 42.5 Å². The maximum absolute atomic E-state index is 12.4. The van der Waals surface area contributed by atoms with E-state index in [4.69, 9.17) is 21.7 Å². The number of hydrogen-bond acceptors (Lipinski definition) is 4. The van der Waals surface area contributed by atoms with Crippen LogP contribution >= 0.6 is 12.2 Å². The van der Waals surface area contributed by atoms with Gasteiger partial charge in [0.2, 0.25) is 0 Å². The Labute approximate surface area is 143 Å². The smallest absolute Gasteiger partial charge is 0.387 e. The summed E-state index contributed by atoms with van der Waals surface area (Å²) in [6.45, 7) is -2.92. The largest absolute Gasteiger partial charge is 0.497 e. The first-order valence-corrected chi connectivity index (χ1v) is 7.28. The van der Waals surface area contributed by atoms with Gasteiger partial charge in [-0.1, -0.05) is 12.1 Å². The summed E-state index contributed by atoms with van der Waals surface area (Å²) in [5.41, 5.74) is 0.888. The van der Waals surface area contributed by atoms with Gasteiger partial charge in [0, 0.05) is 6.07 Å². The second-order valence-electron chi connectivity index (χ2n) is 4.52. The monoisotopic (exact) mass is 354 g/mol. The summed E-state index contributed by atoms with van der Waals surface area (Å²) in [4.78, 5) is 0. The Morgan fingerprint density at radius 3 is 2.33 bits per heavy atom. The Morgan fingerprint density at radius 1 is 0.958 bits per heavy atom. The molecule has 0 amide bonds. The van der Waals surface area contributed by atoms with Gasteiger partial charge < -0.3 is 24.8 Å². The van der Waals surface area contributed by atoms with Gasteiger partial charge in [0.15, 0.2) is 5.11 Å². The van der Waals surface area contributed by atoms with Crippen molar-refractivity contribution in [3.8, 4) is 17.2 Å². The Morgan fingerprint density at radius 2 is 1.67 bits per heavy atom. The van der Waals surface area contributed by atoms with E-state index >= 15 is 0 Å². The fraction of sp³-hybridized carbons (Fsp3) is 0.188. The molecule has 2 aromatic carbocycles. The number of anilines is 2. The van der Waals surface area contributed by atoms with E-state index in [1.165, 1.54) is 13.2 Å². The first kappa shape index (κ1) is 17.7. The van der Waals surface area contributed by atoms with Crippen molar-refractivity contribution < 1.29 is 23.0 Å². The molecule has 2 N–H and O–H groups in total. The normalized spacial score (nSPS) is 10.2. The van der Waals surface area contributed by atoms with Gasteiger partial charge in [-0.15, -0.1) is 0 Å². The zero-order chi connectivity index (χ0) is 17.5. The first-order chi connectivity index (χ1) is 11.5. The third kappa shape index (κ3) is 4.69. The zero-order valence-electron chi connectivity index (χ0n) is 13.0. The van der Waals surface area contributed by atoms with Crippen molar-refractivity contribution in [3.05, 3.63) is 42.5 Å². The van der Waals surface area contributed by atoms with E-state index in [1.807, 2.05) is 0 Å². The highest BCUT2D eigenvalue weighted by Gasteiger charge is 2.11. The van der Waals surface area contributed by atoms with Gasteiger partial charge in [0.05, 0.1) is 25.6 Å². The van der Waals surface area contributed by atoms with E-state index in [0.29, 0.717) is 22.9 Å². The van der Waals surface area contributed by atoms with Crippen LogP contribution < -0.4 is 24.8 Å². The number of ether oxygens (including phenoxy) is 3. The van der Waals surface area contributed by atoms with Crippen molar-refractivity contribution in [2.45, 2.75) is 6.61 Å². The number of rotatable bonds is 6. The molecule has 0 saturated carbocycles. The lowest BCUT2D eigenvalue weighted by molar-refractivity contribution is -0.0493. The molecule has 2 rings (SSSR count). The summed E-state index contributed by atoms with van der Waals surface area (Å²) >= 11 is 5.22. The van der Waals surface area contributed by atoms with Gasteiger partial charge in [-0.25, -0.2) is 0 Å². The van der Waals surface area contributed by atoms with Crippen LogP contribution in [0, 0.1) is 0 Å². The number of methoxy groups -OCH3 is 2. The molecule has 0 saturated heterocycles. The van der Waals surface area contributed by atoms with Crippen molar-refractivity contribution in [3.63, 3.8) is 0 Å². The van der Waals surface area contributed by atoms with Gasteiger partial charge in [-0.2, -0.15) is 8.78 Å². The topological polar surface area (TPSA) is 51.8 Å². The molecule has 0 aliphatic carbocycles. The molecule has 8 heteroatoms. The molecule has 0 aliphatic rings. The second kappa shape index (κ2) is 8.30. The molecular formula is C16H16F2N2O3S. The minimum Gasteiger partial charge on any atom is -0.497 e. The highest BCUT2D eigenvalue weighted by molar-refractivity contribution is 7.80. The molecule has 24 heavy (non-hydrogen) atoms. The van der Waals surface area contributed by atoms with Crippen LogP contribution in [-0.2, 0) is 0 Å². The van der Waals surface area contributed by atoms with Crippen molar-refractivity contribution in [1.29, 1.82) is 0 Å². The van der Waals surface area contributed by atoms with E-state index in [1.54, 1.807) is 43.5 Å². The summed E-state index contributed by atoms with van der Waals surface area (Å²) in [6, 6.07) is 11.4. The van der Waals surface area contributed by atoms with E-state index in [-0.39, 0.29) is 10.9 Å². The van der Waals surface area contributed by atoms with Crippen LogP contribution in [0.3, 0.4) is 0 Å². The average molecular weight is 354 g/mol. The maximum Gasteiger partial charge on any atom is 0.387 e. The number of nitrogens with one attached hydrogen (secondary N) is 2. The van der Waals surface area contributed by atoms with Crippen LogP contribution in [0.2, 0.25) is 0 Å². The first-order valence-electron chi connectivity index (χ1n) is 6.87. The highest BCUT2D eigenvalue weighted by atomic mass is 32.1. The Kier molecular flexibility index (Phi) is 6.14. The number of thiocarbonyl (C=S) groups is 1. The van der Waals surface area contributed by atoms with Gasteiger partial charge >= 0.3 is 6.61 Å². The number of para-hydroxylation sites is 2. The maximum atomic E-state index is 12.4. The molecule has 0 unspecified atom stereocenters. The van der Waals surface area contributed by atoms with E-state index in [9.17, 15) is 8.78 Å². The molecule has 0 aromatic heterocycles. The molecule has 2 aromatic rings. The Bertz CT molecular complexity index is 713. The Balaban J connectivity index is 2.14. The number of halogens is 2. The minimum atomic E-state index is -2.92. The third-order valence-corrected chi connectivity index (χ3v) is 3.21. The lowest BCUT2D eigenvalue weighted by Gasteiger charge is -2.16. The molecule has 0 atom stereocenters. The van der Waals surface area contributed by atoms with E-state index < -0.39 is 6.61 Å². The Hall–Kier alpha value is -2.61. The molecule has 0 radical (unpaired) electrons. The quantitative estimate of drug-likeness (QED) is 0.762. The second-order valence-corrected chi connectivity index (χ2v) is 4.93. The summed E-state index contributed by atoms with van der Waals surface area (Å²) < 4.78 is 39.7. The van der Waals surface area contributed by atoms with Crippen LogP contribution in [0.4, 0.5) is 20.2 Å². The summed E-state index contributed by atoms with van der Waals surface area (Å²) in [7, 11) is 3.06. The number of benzene rings is 2. The summed E-state index contributed by atoms with van der Waals surface area (Å²) in [5.74, 6) is 1.16.